The lowest BCUT2D eigenvalue weighted by molar-refractivity contribution is 0.102. The number of nitrogens with zero attached hydrogens (tertiary/aromatic N) is 4. The molecule has 4 heterocycles. The van der Waals surface area contributed by atoms with Crippen molar-refractivity contribution in [1.82, 2.24) is 20.1 Å². The SMILES string of the molecule is Cl.O=C(Nc1ccc(N2CCOCC2)cn1)c1ccn(C2CCCNC2)n1. The van der Waals surface area contributed by atoms with Crippen molar-refractivity contribution in [3.63, 3.8) is 0 Å². The number of hydrogen-bond donors (Lipinski definition) is 2. The van der Waals surface area contributed by atoms with Crippen LogP contribution in [0.5, 0.6) is 0 Å². The number of halogens is 1. The highest BCUT2D eigenvalue weighted by Crippen LogP contribution is 2.18. The maximum atomic E-state index is 12.4. The monoisotopic (exact) mass is 392 g/mol. The van der Waals surface area contributed by atoms with E-state index in [1.54, 1.807) is 12.3 Å². The fraction of sp³-hybridized carbons (Fsp3) is 0.500. The molecule has 1 atom stereocenters. The third-order valence-corrected chi connectivity index (χ3v) is 4.85. The highest BCUT2D eigenvalue weighted by Gasteiger charge is 2.18. The Bertz CT molecular complexity index is 739. The summed E-state index contributed by atoms with van der Waals surface area (Å²) in [5.74, 6) is 0.292. The Morgan fingerprint density at radius 2 is 2.11 bits per heavy atom. The quantitative estimate of drug-likeness (QED) is 0.824. The number of carbonyl (C=O) groups is 1. The first-order valence-corrected chi connectivity index (χ1v) is 9.15. The number of nitrogens with one attached hydrogen (secondary N) is 2. The molecule has 0 aliphatic carbocycles. The number of anilines is 2. The largest absolute Gasteiger partial charge is 0.378 e. The molecule has 8 nitrogen and oxygen atoms in total. The Hall–Kier alpha value is -2.16. The molecule has 0 saturated carbocycles. The van der Waals surface area contributed by atoms with Gasteiger partial charge < -0.3 is 20.3 Å². The minimum Gasteiger partial charge on any atom is -0.378 e. The molecular weight excluding hydrogens is 368 g/mol. The predicted molar refractivity (Wildman–Crippen MR) is 106 cm³/mol. The van der Waals surface area contributed by atoms with Crippen LogP contribution in [0.15, 0.2) is 30.6 Å². The van der Waals surface area contributed by atoms with Gasteiger partial charge in [-0.25, -0.2) is 4.98 Å². The minimum absolute atomic E-state index is 0. The fourth-order valence-corrected chi connectivity index (χ4v) is 3.37. The van der Waals surface area contributed by atoms with E-state index in [9.17, 15) is 4.79 Å². The number of morpholine rings is 1. The summed E-state index contributed by atoms with van der Waals surface area (Å²) < 4.78 is 7.25. The molecular formula is C18H25ClN6O2. The molecule has 0 aromatic carbocycles. The molecule has 2 aliphatic rings. The van der Waals surface area contributed by atoms with Gasteiger partial charge in [0.25, 0.3) is 5.91 Å². The smallest absolute Gasteiger partial charge is 0.277 e. The molecule has 2 saturated heterocycles. The number of piperidine rings is 1. The topological polar surface area (TPSA) is 84.3 Å². The highest BCUT2D eigenvalue weighted by molar-refractivity contribution is 6.02. The van der Waals surface area contributed by atoms with Crippen molar-refractivity contribution >= 4 is 29.8 Å². The second-order valence-corrected chi connectivity index (χ2v) is 6.64. The molecule has 2 aromatic heterocycles. The van der Waals surface area contributed by atoms with Crippen molar-refractivity contribution < 1.29 is 9.53 Å². The van der Waals surface area contributed by atoms with Gasteiger partial charge in [0.15, 0.2) is 5.69 Å². The third kappa shape index (κ3) is 4.77. The highest BCUT2D eigenvalue weighted by atomic mass is 35.5. The molecule has 0 spiro atoms. The van der Waals surface area contributed by atoms with Crippen LogP contribution in [0.1, 0.15) is 29.4 Å². The van der Waals surface area contributed by atoms with E-state index >= 15 is 0 Å². The summed E-state index contributed by atoms with van der Waals surface area (Å²) in [6.45, 7) is 5.14. The van der Waals surface area contributed by atoms with E-state index in [0.717, 1.165) is 57.9 Å². The second-order valence-electron chi connectivity index (χ2n) is 6.64. The molecule has 9 heteroatoms. The van der Waals surface area contributed by atoms with E-state index in [-0.39, 0.29) is 18.3 Å². The number of rotatable bonds is 4. The first kappa shape index (κ1) is 19.6. The molecule has 2 aromatic rings. The van der Waals surface area contributed by atoms with Gasteiger partial charge >= 0.3 is 0 Å². The van der Waals surface area contributed by atoms with Crippen LogP contribution in [0.25, 0.3) is 0 Å². The zero-order valence-electron chi connectivity index (χ0n) is 15.1. The number of pyridine rings is 1. The van der Waals surface area contributed by atoms with Gasteiger partial charge in [-0.15, -0.1) is 12.4 Å². The average Bonchev–Trinajstić information content (AvgIpc) is 3.20. The van der Waals surface area contributed by atoms with E-state index in [1.807, 2.05) is 23.0 Å². The van der Waals surface area contributed by atoms with Crippen LogP contribution in [0.4, 0.5) is 11.5 Å². The van der Waals surface area contributed by atoms with Crippen LogP contribution in [0.3, 0.4) is 0 Å². The molecule has 1 unspecified atom stereocenters. The molecule has 4 rings (SSSR count). The third-order valence-electron chi connectivity index (χ3n) is 4.85. The van der Waals surface area contributed by atoms with E-state index < -0.39 is 0 Å². The Balaban J connectivity index is 0.00000210. The second kappa shape index (κ2) is 9.16. The van der Waals surface area contributed by atoms with Crippen molar-refractivity contribution in [3.8, 4) is 0 Å². The number of hydrogen-bond acceptors (Lipinski definition) is 6. The Morgan fingerprint density at radius 3 is 2.81 bits per heavy atom. The molecule has 27 heavy (non-hydrogen) atoms. The fourth-order valence-electron chi connectivity index (χ4n) is 3.37. The summed E-state index contributed by atoms with van der Waals surface area (Å²) in [5.41, 5.74) is 1.45. The van der Waals surface area contributed by atoms with Crippen LogP contribution >= 0.6 is 12.4 Å². The first-order chi connectivity index (χ1) is 12.8. The number of aromatic nitrogens is 3. The van der Waals surface area contributed by atoms with Crippen molar-refractivity contribution in [2.24, 2.45) is 0 Å². The van der Waals surface area contributed by atoms with Crippen LogP contribution in [-0.2, 0) is 4.74 Å². The van der Waals surface area contributed by atoms with E-state index in [4.69, 9.17) is 4.74 Å². The maximum absolute atomic E-state index is 12.4. The van der Waals surface area contributed by atoms with Gasteiger partial charge in [-0.2, -0.15) is 5.10 Å². The van der Waals surface area contributed by atoms with E-state index in [1.165, 1.54) is 0 Å². The van der Waals surface area contributed by atoms with Crippen LogP contribution in [-0.4, -0.2) is 60.1 Å². The van der Waals surface area contributed by atoms with Crippen LogP contribution in [0, 0.1) is 0 Å². The summed E-state index contributed by atoms with van der Waals surface area (Å²) >= 11 is 0. The molecule has 0 radical (unpaired) electrons. The Morgan fingerprint density at radius 1 is 1.26 bits per heavy atom. The summed E-state index contributed by atoms with van der Waals surface area (Å²) in [7, 11) is 0. The normalized spacial score (nSPS) is 20.0. The molecule has 2 aliphatic heterocycles. The van der Waals surface area contributed by atoms with E-state index in [0.29, 0.717) is 17.6 Å². The first-order valence-electron chi connectivity index (χ1n) is 9.15. The lowest BCUT2D eigenvalue weighted by Gasteiger charge is -2.28. The van der Waals surface area contributed by atoms with Crippen molar-refractivity contribution in [2.75, 3.05) is 49.6 Å². The van der Waals surface area contributed by atoms with Gasteiger partial charge in [-0.3, -0.25) is 9.48 Å². The molecule has 2 fully saturated rings. The number of ether oxygens (including phenoxy) is 1. The van der Waals surface area contributed by atoms with E-state index in [2.05, 4.69) is 25.6 Å². The van der Waals surface area contributed by atoms with Gasteiger partial charge in [0, 0.05) is 25.8 Å². The van der Waals surface area contributed by atoms with Crippen molar-refractivity contribution in [1.29, 1.82) is 0 Å². The zero-order chi connectivity index (χ0) is 17.8. The molecule has 146 valence electrons. The molecule has 1 amide bonds. The standard InChI is InChI=1S/C18H24N6O2.ClH/c25-18(16-5-7-24(22-16)15-2-1-6-19-12-15)21-17-4-3-14(13-20-17)23-8-10-26-11-9-23;/h3-5,7,13,15,19H,1-2,6,8-12H2,(H,20,21,25);1H. The van der Waals surface area contributed by atoms with Gasteiger partial charge in [-0.1, -0.05) is 0 Å². The Labute approximate surface area is 164 Å². The number of amides is 1. The van der Waals surface area contributed by atoms with Gasteiger partial charge in [-0.05, 0) is 37.6 Å². The Kier molecular flexibility index (Phi) is 6.65. The molecule has 0 bridgehead atoms. The summed E-state index contributed by atoms with van der Waals surface area (Å²) in [6, 6.07) is 5.87. The lowest BCUT2D eigenvalue weighted by Crippen LogP contribution is -2.36. The van der Waals surface area contributed by atoms with Crippen molar-refractivity contribution in [2.45, 2.75) is 18.9 Å². The van der Waals surface area contributed by atoms with Gasteiger partial charge in [0.1, 0.15) is 5.82 Å². The minimum atomic E-state index is -0.237. The number of carbonyl (C=O) groups excluding carboxylic acids is 1. The zero-order valence-corrected chi connectivity index (χ0v) is 16.0. The van der Waals surface area contributed by atoms with Gasteiger partial charge in [0.2, 0.25) is 0 Å². The maximum Gasteiger partial charge on any atom is 0.277 e. The van der Waals surface area contributed by atoms with Crippen molar-refractivity contribution in [3.05, 3.63) is 36.3 Å². The lowest BCUT2D eigenvalue weighted by atomic mass is 10.1. The molecule has 2 N–H and O–H groups in total. The van der Waals surface area contributed by atoms with Crippen LogP contribution < -0.4 is 15.5 Å². The summed E-state index contributed by atoms with van der Waals surface area (Å²) in [6.07, 6.45) is 5.88. The predicted octanol–water partition coefficient (Wildman–Crippen LogP) is 1.71. The summed E-state index contributed by atoms with van der Waals surface area (Å²) in [4.78, 5) is 19.0. The summed E-state index contributed by atoms with van der Waals surface area (Å²) in [5, 5.41) is 10.6. The average molecular weight is 393 g/mol. The van der Waals surface area contributed by atoms with Crippen LogP contribution in [0.2, 0.25) is 0 Å². The van der Waals surface area contributed by atoms with Gasteiger partial charge in [0.05, 0.1) is 31.1 Å².